The molecule has 0 aliphatic heterocycles. The molecule has 3 aliphatic carbocycles. The maximum absolute atomic E-state index is 12.5. The Balaban J connectivity index is 1.74. The first-order valence-corrected chi connectivity index (χ1v) is 9.34. The van der Waals surface area contributed by atoms with Crippen molar-refractivity contribution >= 4 is 11.8 Å². The Morgan fingerprint density at radius 2 is 2.12 bits per heavy atom. The molecule has 4 heteroatoms. The van der Waals surface area contributed by atoms with Gasteiger partial charge >= 0.3 is 5.97 Å². The molecule has 4 rings (SSSR count). The summed E-state index contributed by atoms with van der Waals surface area (Å²) in [4.78, 5) is 23.7. The summed E-state index contributed by atoms with van der Waals surface area (Å²) < 4.78 is 5.23. The van der Waals surface area contributed by atoms with Gasteiger partial charge in [0.2, 0.25) is 0 Å². The highest BCUT2D eigenvalue weighted by Gasteiger charge is 2.59. The first-order chi connectivity index (χ1) is 11.8. The van der Waals surface area contributed by atoms with E-state index in [0.29, 0.717) is 42.1 Å². The zero-order chi connectivity index (χ0) is 17.9. The standard InChI is InChI=1S/C21H26O4/c1-11-8-13-9-14(25-12(2)22)4-5-15(13)20-17(23)10-21(3)16(19(11)20)6-7-18(21)24/h4-5,9,11,16-17,19-20,23H,6-8,10H2,1-3H3/t11-,16+,17+,19+,20+,21+/m1/s1. The average molecular weight is 342 g/mol. The Morgan fingerprint density at radius 3 is 2.84 bits per heavy atom. The van der Waals surface area contributed by atoms with Gasteiger partial charge in [-0.1, -0.05) is 19.9 Å². The number of carbonyl (C=O) groups excluding carboxylic acids is 2. The largest absolute Gasteiger partial charge is 0.427 e. The molecule has 1 N–H and O–H groups in total. The molecule has 0 amide bonds. The maximum Gasteiger partial charge on any atom is 0.308 e. The van der Waals surface area contributed by atoms with E-state index in [4.69, 9.17) is 4.74 Å². The predicted octanol–water partition coefficient (Wildman–Crippen LogP) is 3.25. The van der Waals surface area contributed by atoms with Gasteiger partial charge in [0.25, 0.3) is 0 Å². The van der Waals surface area contributed by atoms with Crippen molar-refractivity contribution < 1.29 is 19.4 Å². The predicted molar refractivity (Wildman–Crippen MR) is 93.3 cm³/mol. The molecule has 0 bridgehead atoms. The van der Waals surface area contributed by atoms with Crippen LogP contribution in [0.2, 0.25) is 0 Å². The molecule has 134 valence electrons. The quantitative estimate of drug-likeness (QED) is 0.628. The summed E-state index contributed by atoms with van der Waals surface area (Å²) in [5.41, 5.74) is 1.98. The van der Waals surface area contributed by atoms with E-state index in [1.54, 1.807) is 0 Å². The molecule has 2 saturated carbocycles. The Kier molecular flexibility index (Phi) is 3.80. The number of benzene rings is 1. The third kappa shape index (κ3) is 2.45. The van der Waals surface area contributed by atoms with Crippen molar-refractivity contribution in [1.29, 1.82) is 0 Å². The minimum absolute atomic E-state index is 0.0779. The first kappa shape index (κ1) is 16.8. The fourth-order valence-electron chi connectivity index (χ4n) is 6.01. The highest BCUT2D eigenvalue weighted by molar-refractivity contribution is 5.87. The number of carbonyl (C=O) groups is 2. The van der Waals surface area contributed by atoms with Crippen molar-refractivity contribution in [2.75, 3.05) is 0 Å². The topological polar surface area (TPSA) is 63.6 Å². The molecule has 3 aliphatic rings. The van der Waals surface area contributed by atoms with Gasteiger partial charge in [0.15, 0.2) is 0 Å². The van der Waals surface area contributed by atoms with E-state index in [9.17, 15) is 14.7 Å². The van der Waals surface area contributed by atoms with Gasteiger partial charge in [0, 0.05) is 24.7 Å². The molecule has 0 unspecified atom stereocenters. The van der Waals surface area contributed by atoms with Crippen LogP contribution in [0.5, 0.6) is 5.75 Å². The zero-order valence-corrected chi connectivity index (χ0v) is 15.1. The fraction of sp³-hybridized carbons (Fsp3) is 0.619. The summed E-state index contributed by atoms with van der Waals surface area (Å²) in [6, 6.07) is 5.79. The van der Waals surface area contributed by atoms with Crippen LogP contribution in [-0.4, -0.2) is 23.0 Å². The molecule has 2 fully saturated rings. The summed E-state index contributed by atoms with van der Waals surface area (Å²) in [6.45, 7) is 5.71. The Labute approximate surface area is 148 Å². The monoisotopic (exact) mass is 342 g/mol. The van der Waals surface area contributed by atoms with E-state index in [2.05, 4.69) is 13.8 Å². The van der Waals surface area contributed by atoms with Gasteiger partial charge in [-0.3, -0.25) is 9.59 Å². The number of esters is 1. The number of aliphatic hydroxyl groups is 1. The van der Waals surface area contributed by atoms with E-state index >= 15 is 0 Å². The summed E-state index contributed by atoms with van der Waals surface area (Å²) in [6.07, 6.45) is 2.58. The molecule has 0 radical (unpaired) electrons. The molecule has 4 nitrogen and oxygen atoms in total. The van der Waals surface area contributed by atoms with Gasteiger partial charge in [0.05, 0.1) is 6.10 Å². The third-order valence-electron chi connectivity index (χ3n) is 7.00. The SMILES string of the molecule is CC(=O)Oc1ccc2c(c1)C[C@@H](C)[C@@H]1[C@@H]2[C@@H](O)C[C@]2(C)C(=O)CC[C@@H]12. The molecule has 0 saturated heterocycles. The van der Waals surface area contributed by atoms with Gasteiger partial charge < -0.3 is 9.84 Å². The second kappa shape index (κ2) is 5.66. The van der Waals surface area contributed by atoms with Crippen LogP contribution in [0.4, 0.5) is 0 Å². The van der Waals surface area contributed by atoms with Gasteiger partial charge in [-0.15, -0.1) is 0 Å². The smallest absolute Gasteiger partial charge is 0.308 e. The molecule has 0 spiro atoms. The molecule has 1 aromatic rings. The lowest BCUT2D eigenvalue weighted by Gasteiger charge is -2.53. The van der Waals surface area contributed by atoms with Crippen LogP contribution in [0.3, 0.4) is 0 Å². The van der Waals surface area contributed by atoms with Gasteiger partial charge in [0.1, 0.15) is 11.5 Å². The number of ketones is 1. The highest BCUT2D eigenvalue weighted by atomic mass is 16.5. The van der Waals surface area contributed by atoms with Gasteiger partial charge in [-0.05, 0) is 60.3 Å². The zero-order valence-electron chi connectivity index (χ0n) is 15.1. The number of ether oxygens (including phenoxy) is 1. The second-order valence-electron chi connectivity index (χ2n) is 8.50. The van der Waals surface area contributed by atoms with E-state index in [1.165, 1.54) is 18.1 Å². The van der Waals surface area contributed by atoms with Crippen LogP contribution < -0.4 is 4.74 Å². The molecule has 0 aromatic heterocycles. The maximum atomic E-state index is 12.5. The molecular weight excluding hydrogens is 316 g/mol. The van der Waals surface area contributed by atoms with E-state index in [-0.39, 0.29) is 17.3 Å². The summed E-state index contributed by atoms with van der Waals surface area (Å²) in [5, 5.41) is 11.0. The number of hydrogen-bond acceptors (Lipinski definition) is 4. The highest BCUT2D eigenvalue weighted by Crippen LogP contribution is 2.60. The minimum atomic E-state index is -0.491. The molecular formula is C21H26O4. The van der Waals surface area contributed by atoms with Crippen molar-refractivity contribution in [1.82, 2.24) is 0 Å². The lowest BCUT2D eigenvalue weighted by molar-refractivity contribution is -0.135. The van der Waals surface area contributed by atoms with E-state index in [0.717, 1.165) is 12.8 Å². The summed E-state index contributed by atoms with van der Waals surface area (Å²) >= 11 is 0. The summed E-state index contributed by atoms with van der Waals surface area (Å²) in [5.74, 6) is 1.77. The fourth-order valence-corrected chi connectivity index (χ4v) is 6.01. The van der Waals surface area contributed by atoms with Crippen LogP contribution in [0.1, 0.15) is 57.1 Å². The van der Waals surface area contributed by atoms with Crippen LogP contribution in [-0.2, 0) is 16.0 Å². The van der Waals surface area contributed by atoms with Crippen molar-refractivity contribution in [3.8, 4) is 5.75 Å². The minimum Gasteiger partial charge on any atom is -0.427 e. The van der Waals surface area contributed by atoms with Crippen molar-refractivity contribution in [2.24, 2.45) is 23.2 Å². The van der Waals surface area contributed by atoms with Crippen LogP contribution in [0.25, 0.3) is 0 Å². The number of Topliss-reactive ketones (excluding diaryl/α,β-unsaturated/α-hetero) is 1. The van der Waals surface area contributed by atoms with Crippen molar-refractivity contribution in [2.45, 2.75) is 58.5 Å². The van der Waals surface area contributed by atoms with Crippen LogP contribution in [0.15, 0.2) is 18.2 Å². The number of aliphatic hydroxyl groups excluding tert-OH is 1. The summed E-state index contributed by atoms with van der Waals surface area (Å²) in [7, 11) is 0. The average Bonchev–Trinajstić information content (AvgIpc) is 2.81. The second-order valence-corrected chi connectivity index (χ2v) is 8.50. The molecule has 25 heavy (non-hydrogen) atoms. The number of hydrogen-bond donors (Lipinski definition) is 1. The van der Waals surface area contributed by atoms with Crippen molar-refractivity contribution in [3.05, 3.63) is 29.3 Å². The van der Waals surface area contributed by atoms with Gasteiger partial charge in [-0.25, -0.2) is 0 Å². The lowest BCUT2D eigenvalue weighted by Crippen LogP contribution is -2.51. The molecule has 0 heterocycles. The van der Waals surface area contributed by atoms with Gasteiger partial charge in [-0.2, -0.15) is 0 Å². The Morgan fingerprint density at radius 1 is 1.36 bits per heavy atom. The van der Waals surface area contributed by atoms with E-state index < -0.39 is 6.10 Å². The van der Waals surface area contributed by atoms with E-state index in [1.807, 2.05) is 18.2 Å². The Hall–Kier alpha value is -1.68. The third-order valence-corrected chi connectivity index (χ3v) is 7.00. The van der Waals surface area contributed by atoms with Crippen molar-refractivity contribution in [3.63, 3.8) is 0 Å². The number of rotatable bonds is 1. The molecule has 1 aromatic carbocycles. The van der Waals surface area contributed by atoms with Crippen LogP contribution in [0, 0.1) is 23.2 Å². The normalized spacial score (nSPS) is 39.4. The van der Waals surface area contributed by atoms with Crippen LogP contribution >= 0.6 is 0 Å². The lowest BCUT2D eigenvalue weighted by atomic mass is 9.52. The first-order valence-electron chi connectivity index (χ1n) is 9.34. The molecule has 6 atom stereocenters. The number of fused-ring (bicyclic) bond motifs is 5. The Bertz CT molecular complexity index is 739.